The second-order valence-corrected chi connectivity index (χ2v) is 4.32. The van der Waals surface area contributed by atoms with E-state index in [-0.39, 0.29) is 6.61 Å². The van der Waals surface area contributed by atoms with Gasteiger partial charge < -0.3 is 4.74 Å². The van der Waals surface area contributed by atoms with Crippen LogP contribution in [-0.4, -0.2) is 24.0 Å². The van der Waals surface area contributed by atoms with Gasteiger partial charge in [-0.3, -0.25) is 14.9 Å². The van der Waals surface area contributed by atoms with Crippen molar-refractivity contribution in [2.75, 3.05) is 13.2 Å². The monoisotopic (exact) mass is 344 g/mol. The van der Waals surface area contributed by atoms with Crippen LogP contribution in [0.1, 0.15) is 12.5 Å². The minimum absolute atomic E-state index is 0.0541. The van der Waals surface area contributed by atoms with E-state index in [1.54, 1.807) is 13.0 Å². The molecule has 0 aromatic heterocycles. The second-order valence-electron chi connectivity index (χ2n) is 4.32. The molecular weight excluding hydrogens is 333 g/mol. The van der Waals surface area contributed by atoms with E-state index in [2.05, 4.69) is 15.0 Å². The predicted molar refractivity (Wildman–Crippen MR) is 73.2 cm³/mol. The van der Waals surface area contributed by atoms with Gasteiger partial charge in [0.2, 0.25) is 0 Å². The molecule has 0 saturated heterocycles. The van der Waals surface area contributed by atoms with E-state index in [0.29, 0.717) is 12.1 Å². The zero-order chi connectivity index (χ0) is 18.3. The van der Waals surface area contributed by atoms with Gasteiger partial charge in [0.05, 0.1) is 29.7 Å². The van der Waals surface area contributed by atoms with Crippen LogP contribution in [0.3, 0.4) is 0 Å². The number of ether oxygens (including phenoxy) is 1. The SMILES string of the molecule is CCOC(=O)C(C#N)CN=Nc1ccc(C(F)(F)F)cc1[N+](=O)[O-]. The summed E-state index contributed by atoms with van der Waals surface area (Å²) in [6.07, 6.45) is -4.74. The molecule has 1 rings (SSSR count). The van der Waals surface area contributed by atoms with Crippen LogP contribution in [0.2, 0.25) is 0 Å². The molecule has 0 aliphatic rings. The van der Waals surface area contributed by atoms with Gasteiger partial charge >= 0.3 is 12.1 Å². The fourth-order valence-electron chi connectivity index (χ4n) is 1.54. The maximum Gasteiger partial charge on any atom is 0.416 e. The zero-order valence-electron chi connectivity index (χ0n) is 12.3. The van der Waals surface area contributed by atoms with Crippen LogP contribution in [0.15, 0.2) is 28.4 Å². The first-order valence-corrected chi connectivity index (χ1v) is 6.50. The van der Waals surface area contributed by atoms with Crippen LogP contribution in [0.5, 0.6) is 0 Å². The lowest BCUT2D eigenvalue weighted by molar-refractivity contribution is -0.384. The van der Waals surface area contributed by atoms with Crippen molar-refractivity contribution >= 4 is 17.3 Å². The molecule has 0 fully saturated rings. The van der Waals surface area contributed by atoms with Gasteiger partial charge in [0.1, 0.15) is 0 Å². The fourth-order valence-corrected chi connectivity index (χ4v) is 1.54. The minimum Gasteiger partial charge on any atom is -0.465 e. The average molecular weight is 344 g/mol. The molecule has 0 amide bonds. The molecule has 0 heterocycles. The van der Waals surface area contributed by atoms with Gasteiger partial charge in [-0.05, 0) is 19.1 Å². The second kappa shape index (κ2) is 8.00. The summed E-state index contributed by atoms with van der Waals surface area (Å²) in [5.74, 6) is -2.09. The average Bonchev–Trinajstić information content (AvgIpc) is 2.50. The first-order chi connectivity index (χ1) is 11.2. The van der Waals surface area contributed by atoms with E-state index in [0.717, 1.165) is 6.07 Å². The number of carbonyl (C=O) groups is 1. The molecule has 1 aromatic rings. The molecule has 0 radical (unpaired) electrons. The summed E-state index contributed by atoms with van der Waals surface area (Å²) >= 11 is 0. The van der Waals surface area contributed by atoms with E-state index in [9.17, 15) is 28.1 Å². The Morgan fingerprint density at radius 1 is 1.50 bits per heavy atom. The Morgan fingerprint density at radius 3 is 2.67 bits per heavy atom. The van der Waals surface area contributed by atoms with Crippen LogP contribution < -0.4 is 0 Å². The summed E-state index contributed by atoms with van der Waals surface area (Å²) in [4.78, 5) is 21.2. The van der Waals surface area contributed by atoms with E-state index in [1.807, 2.05) is 0 Å². The summed E-state index contributed by atoms with van der Waals surface area (Å²) in [7, 11) is 0. The lowest BCUT2D eigenvalue weighted by atomic mass is 10.1. The zero-order valence-corrected chi connectivity index (χ0v) is 12.3. The largest absolute Gasteiger partial charge is 0.465 e. The quantitative estimate of drug-likeness (QED) is 0.339. The third-order valence-electron chi connectivity index (χ3n) is 2.67. The molecule has 1 unspecified atom stereocenters. The third-order valence-corrected chi connectivity index (χ3v) is 2.67. The summed E-state index contributed by atoms with van der Waals surface area (Å²) < 4.78 is 42.3. The Hall–Kier alpha value is -3.03. The maximum atomic E-state index is 12.6. The fraction of sp³-hybridized carbons (Fsp3) is 0.385. The topological polar surface area (TPSA) is 118 Å². The number of alkyl halides is 3. The third kappa shape index (κ3) is 5.01. The molecular formula is C13H11F3N4O4. The molecule has 128 valence electrons. The molecule has 1 atom stereocenters. The predicted octanol–water partition coefficient (Wildman–Crippen LogP) is 3.40. The number of hydrogen-bond donors (Lipinski definition) is 0. The Balaban J connectivity index is 3.00. The van der Waals surface area contributed by atoms with Crippen LogP contribution in [-0.2, 0) is 15.7 Å². The first kappa shape index (κ1) is 19.0. The Labute approximate surface area is 133 Å². The highest BCUT2D eigenvalue weighted by atomic mass is 19.4. The minimum atomic E-state index is -4.74. The molecule has 0 saturated carbocycles. The van der Waals surface area contributed by atoms with Crippen molar-refractivity contribution in [1.29, 1.82) is 5.26 Å². The van der Waals surface area contributed by atoms with Gasteiger partial charge in [-0.15, -0.1) is 5.11 Å². The number of nitro groups is 1. The van der Waals surface area contributed by atoms with Gasteiger partial charge in [0, 0.05) is 6.07 Å². The Kier molecular flexibility index (Phi) is 6.34. The molecule has 1 aromatic carbocycles. The highest BCUT2D eigenvalue weighted by molar-refractivity contribution is 5.75. The molecule has 0 aliphatic heterocycles. The van der Waals surface area contributed by atoms with Gasteiger partial charge in [-0.25, -0.2) is 0 Å². The smallest absolute Gasteiger partial charge is 0.416 e. The van der Waals surface area contributed by atoms with Crippen molar-refractivity contribution in [2.45, 2.75) is 13.1 Å². The number of nitro benzene ring substituents is 1. The number of hydrogen-bond acceptors (Lipinski definition) is 7. The lowest BCUT2D eigenvalue weighted by Crippen LogP contribution is -2.18. The Morgan fingerprint density at radius 2 is 2.17 bits per heavy atom. The van der Waals surface area contributed by atoms with Crippen molar-refractivity contribution in [1.82, 2.24) is 0 Å². The van der Waals surface area contributed by atoms with Crippen LogP contribution in [0.4, 0.5) is 24.5 Å². The van der Waals surface area contributed by atoms with Crippen molar-refractivity contribution in [3.05, 3.63) is 33.9 Å². The number of carbonyl (C=O) groups excluding carboxylic acids is 1. The van der Waals surface area contributed by atoms with E-state index >= 15 is 0 Å². The number of halogens is 3. The summed E-state index contributed by atoms with van der Waals surface area (Å²) in [5.41, 5.74) is -2.51. The molecule has 24 heavy (non-hydrogen) atoms. The standard InChI is InChI=1S/C13H11F3N4O4/c1-2-24-12(21)8(6-17)7-18-19-10-4-3-9(13(14,15)16)5-11(10)20(22)23/h3-5,8H,2,7H2,1H3. The summed E-state index contributed by atoms with van der Waals surface area (Å²) in [6, 6.07) is 3.37. The molecule has 8 nitrogen and oxygen atoms in total. The van der Waals surface area contributed by atoms with Crippen LogP contribution in [0.25, 0.3) is 0 Å². The van der Waals surface area contributed by atoms with Crippen molar-refractivity contribution in [3.63, 3.8) is 0 Å². The molecule has 0 spiro atoms. The normalized spacial score (nSPS) is 12.6. The van der Waals surface area contributed by atoms with E-state index < -0.39 is 46.5 Å². The summed E-state index contributed by atoms with van der Waals surface area (Å²) in [6.45, 7) is 1.16. The van der Waals surface area contributed by atoms with Gasteiger partial charge in [-0.1, -0.05) is 0 Å². The number of nitrogens with zero attached hydrogens (tertiary/aromatic N) is 4. The first-order valence-electron chi connectivity index (χ1n) is 6.50. The van der Waals surface area contributed by atoms with Gasteiger partial charge in [0.25, 0.3) is 5.69 Å². The highest BCUT2D eigenvalue weighted by Gasteiger charge is 2.33. The number of azo groups is 1. The number of benzene rings is 1. The highest BCUT2D eigenvalue weighted by Crippen LogP contribution is 2.36. The van der Waals surface area contributed by atoms with Crippen LogP contribution in [0, 0.1) is 27.4 Å². The maximum absolute atomic E-state index is 12.6. The van der Waals surface area contributed by atoms with Crippen molar-refractivity contribution in [3.8, 4) is 6.07 Å². The summed E-state index contributed by atoms with van der Waals surface area (Å²) in [5, 5.41) is 26.6. The Bertz CT molecular complexity index is 697. The number of esters is 1. The molecule has 0 aliphatic carbocycles. The van der Waals surface area contributed by atoms with Gasteiger partial charge in [-0.2, -0.15) is 23.5 Å². The van der Waals surface area contributed by atoms with Crippen LogP contribution >= 0.6 is 0 Å². The van der Waals surface area contributed by atoms with Gasteiger partial charge in [0.15, 0.2) is 11.6 Å². The molecule has 11 heteroatoms. The number of nitriles is 1. The van der Waals surface area contributed by atoms with E-state index in [1.165, 1.54) is 0 Å². The number of rotatable bonds is 6. The lowest BCUT2D eigenvalue weighted by Gasteiger charge is -2.07. The van der Waals surface area contributed by atoms with Crippen molar-refractivity contribution in [2.24, 2.45) is 16.1 Å². The molecule has 0 bridgehead atoms. The van der Waals surface area contributed by atoms with Crippen molar-refractivity contribution < 1.29 is 27.6 Å². The van der Waals surface area contributed by atoms with E-state index in [4.69, 9.17) is 5.26 Å². The molecule has 0 N–H and O–H groups in total.